The first kappa shape index (κ1) is 26.0. The number of anilines is 3. The zero-order valence-electron chi connectivity index (χ0n) is 22.8. The summed E-state index contributed by atoms with van der Waals surface area (Å²) in [6.45, 7) is 7.66. The fraction of sp³-hybridized carbons (Fsp3) is 0.593. The molecule has 12 heteroatoms. The molecule has 2 aromatic heterocycles. The molecule has 0 aromatic carbocycles. The topological polar surface area (TPSA) is 127 Å². The molecule has 1 aliphatic carbocycles. The third-order valence-electron chi connectivity index (χ3n) is 9.37. The number of rotatable bonds is 3. The third-order valence-corrected chi connectivity index (χ3v) is 11.9. The van der Waals surface area contributed by atoms with Crippen molar-refractivity contribution in [2.75, 3.05) is 43.0 Å². The van der Waals surface area contributed by atoms with Crippen molar-refractivity contribution >= 4 is 33.4 Å². The van der Waals surface area contributed by atoms with Crippen molar-refractivity contribution in [3.8, 4) is 6.07 Å². The number of hydrogen-bond donors (Lipinski definition) is 0. The first-order valence-electron chi connectivity index (χ1n) is 13.6. The van der Waals surface area contributed by atoms with Gasteiger partial charge in [0.25, 0.3) is 0 Å². The molecule has 3 fully saturated rings. The lowest BCUT2D eigenvalue weighted by Crippen LogP contribution is -2.63. The molecule has 0 radical (unpaired) electrons. The van der Waals surface area contributed by atoms with Gasteiger partial charge in [-0.15, -0.1) is 0 Å². The van der Waals surface area contributed by atoms with E-state index in [4.69, 9.17) is 9.97 Å². The predicted molar refractivity (Wildman–Crippen MR) is 146 cm³/mol. The summed E-state index contributed by atoms with van der Waals surface area (Å²) in [5.41, 5.74) is 1.59. The maximum atomic E-state index is 13.7. The predicted octanol–water partition coefficient (Wildman–Crippen LogP) is 2.17. The molecule has 39 heavy (non-hydrogen) atoms. The second kappa shape index (κ2) is 8.86. The molecule has 0 bridgehead atoms. The number of carbonyl (C=O) groups excluding carboxylic acids is 1. The number of carbonyl (C=O) groups is 1. The molecule has 1 saturated carbocycles. The maximum absolute atomic E-state index is 13.7. The number of nitrogens with zero attached hydrogens (tertiary/aromatic N) is 8. The number of fused-ring (bicyclic) bond motifs is 2. The van der Waals surface area contributed by atoms with Gasteiger partial charge in [-0.1, -0.05) is 6.42 Å². The molecule has 5 heterocycles. The average molecular weight is 551 g/mol. The number of aromatic nitrogens is 3. The summed E-state index contributed by atoms with van der Waals surface area (Å²) < 4.78 is 25.9. The lowest BCUT2D eigenvalue weighted by molar-refractivity contribution is -0.136. The number of amides is 1. The van der Waals surface area contributed by atoms with Gasteiger partial charge in [0, 0.05) is 62.5 Å². The first-order chi connectivity index (χ1) is 18.5. The number of piperazine rings is 1. The number of pyridine rings is 1. The summed E-state index contributed by atoms with van der Waals surface area (Å²) in [4.78, 5) is 33.9. The molecule has 3 aliphatic heterocycles. The number of nitriles is 1. The Morgan fingerprint density at radius 1 is 1.10 bits per heavy atom. The van der Waals surface area contributed by atoms with E-state index in [1.165, 1.54) is 4.31 Å². The van der Waals surface area contributed by atoms with Gasteiger partial charge in [-0.05, 0) is 52.2 Å². The van der Waals surface area contributed by atoms with Crippen LogP contribution in [0, 0.1) is 11.3 Å². The minimum absolute atomic E-state index is 0.0687. The maximum Gasteiger partial charge on any atom is 0.245 e. The van der Waals surface area contributed by atoms with Gasteiger partial charge >= 0.3 is 0 Å². The van der Waals surface area contributed by atoms with Crippen molar-refractivity contribution in [3.05, 3.63) is 35.8 Å². The Morgan fingerprint density at radius 3 is 2.49 bits per heavy atom. The Kier molecular flexibility index (Phi) is 5.89. The monoisotopic (exact) mass is 550 g/mol. The summed E-state index contributed by atoms with van der Waals surface area (Å²) in [6.07, 6.45) is 6.73. The molecule has 2 saturated heterocycles. The third kappa shape index (κ3) is 3.66. The van der Waals surface area contributed by atoms with E-state index in [0.717, 1.165) is 43.0 Å². The lowest BCUT2D eigenvalue weighted by Gasteiger charge is -2.48. The second-order valence-electron chi connectivity index (χ2n) is 11.7. The van der Waals surface area contributed by atoms with Gasteiger partial charge in [0.1, 0.15) is 23.8 Å². The summed E-state index contributed by atoms with van der Waals surface area (Å²) in [6, 6.07) is 5.44. The molecule has 4 aliphatic rings. The molecule has 1 unspecified atom stereocenters. The van der Waals surface area contributed by atoms with Gasteiger partial charge in [-0.3, -0.25) is 4.79 Å². The van der Waals surface area contributed by atoms with Gasteiger partial charge in [0.2, 0.25) is 15.9 Å². The molecule has 6 rings (SSSR count). The fourth-order valence-electron chi connectivity index (χ4n) is 6.75. The van der Waals surface area contributed by atoms with Crippen LogP contribution in [0.5, 0.6) is 0 Å². The van der Waals surface area contributed by atoms with E-state index < -0.39 is 14.8 Å². The first-order valence-corrected chi connectivity index (χ1v) is 15.0. The minimum atomic E-state index is -3.70. The van der Waals surface area contributed by atoms with E-state index in [0.29, 0.717) is 37.4 Å². The Hall–Kier alpha value is -3.30. The van der Waals surface area contributed by atoms with E-state index in [-0.39, 0.29) is 23.4 Å². The largest absolute Gasteiger partial charge is 0.350 e. The molecule has 1 spiro atoms. The smallest absolute Gasteiger partial charge is 0.245 e. The fourth-order valence-corrected chi connectivity index (χ4v) is 8.45. The summed E-state index contributed by atoms with van der Waals surface area (Å²) in [5, 5.41) is 9.42. The quantitative estimate of drug-likeness (QED) is 0.565. The van der Waals surface area contributed by atoms with E-state index in [1.807, 2.05) is 6.92 Å². The zero-order chi connectivity index (χ0) is 27.7. The van der Waals surface area contributed by atoms with E-state index >= 15 is 0 Å². The van der Waals surface area contributed by atoms with Crippen molar-refractivity contribution in [1.82, 2.24) is 24.2 Å². The lowest BCUT2D eigenvalue weighted by atomic mass is 9.66. The van der Waals surface area contributed by atoms with Gasteiger partial charge < -0.3 is 14.7 Å². The molecule has 206 valence electrons. The molecule has 2 aromatic rings. The van der Waals surface area contributed by atoms with Crippen LogP contribution in [0.2, 0.25) is 0 Å². The van der Waals surface area contributed by atoms with Crippen LogP contribution < -0.4 is 9.80 Å². The van der Waals surface area contributed by atoms with Crippen LogP contribution in [0.1, 0.15) is 57.6 Å². The summed E-state index contributed by atoms with van der Waals surface area (Å²) in [5.74, 6) is 2.10. The number of sulfonamides is 1. The normalized spacial score (nSPS) is 29.3. The minimum Gasteiger partial charge on any atom is -0.350 e. The highest BCUT2D eigenvalue weighted by molar-refractivity contribution is 7.91. The average Bonchev–Trinajstić information content (AvgIpc) is 3.38. The SMILES string of the molecule is C[C@@H]1CN(c2ncnc3c2C2(CCC2)CN3c2cc(C#N)ccn2)[C@@H](C)CN1C(=O)C1(C)CCN(C)S1(=O)=O. The van der Waals surface area contributed by atoms with Gasteiger partial charge in [0.05, 0.1) is 11.6 Å². The Bertz CT molecular complexity index is 1490. The van der Waals surface area contributed by atoms with Crippen molar-refractivity contribution in [2.45, 2.75) is 68.7 Å². The van der Waals surface area contributed by atoms with E-state index in [1.54, 1.807) is 43.5 Å². The number of hydrogen-bond acceptors (Lipinski definition) is 9. The van der Waals surface area contributed by atoms with Gasteiger partial charge in [-0.2, -0.15) is 5.26 Å². The molecule has 11 nitrogen and oxygen atoms in total. The Labute approximate surface area is 229 Å². The van der Waals surface area contributed by atoms with Crippen molar-refractivity contribution < 1.29 is 13.2 Å². The molecule has 1 amide bonds. The van der Waals surface area contributed by atoms with Crippen LogP contribution in [-0.4, -0.2) is 88.5 Å². The standard InChI is InChI=1S/C27H34N8O3S/c1-18-15-34(25(36)26(3)9-11-32(4)39(26,37)38)19(2)14-33(18)23-22-24(31-17-30-23)35(16-27(22)7-5-8-27)21-12-20(13-28)6-10-29-21/h6,10,12,17-19H,5,7-9,11,14-16H2,1-4H3/t18-,19+,26?/m0/s1. The summed E-state index contributed by atoms with van der Waals surface area (Å²) >= 11 is 0. The van der Waals surface area contributed by atoms with Crippen LogP contribution in [0.3, 0.4) is 0 Å². The highest BCUT2D eigenvalue weighted by Crippen LogP contribution is 2.56. The summed E-state index contributed by atoms with van der Waals surface area (Å²) in [7, 11) is -2.16. The van der Waals surface area contributed by atoms with Crippen LogP contribution in [0.25, 0.3) is 0 Å². The molecule has 3 atom stereocenters. The molecule has 0 N–H and O–H groups in total. The van der Waals surface area contributed by atoms with Crippen molar-refractivity contribution in [2.24, 2.45) is 0 Å². The van der Waals surface area contributed by atoms with E-state index in [2.05, 4.69) is 27.8 Å². The van der Waals surface area contributed by atoms with Crippen molar-refractivity contribution in [3.63, 3.8) is 0 Å². The van der Waals surface area contributed by atoms with Crippen LogP contribution in [0.15, 0.2) is 24.7 Å². The van der Waals surface area contributed by atoms with Crippen LogP contribution >= 0.6 is 0 Å². The van der Waals surface area contributed by atoms with Gasteiger partial charge in [-0.25, -0.2) is 27.7 Å². The van der Waals surface area contributed by atoms with E-state index in [9.17, 15) is 18.5 Å². The highest BCUT2D eigenvalue weighted by atomic mass is 32.2. The molecular formula is C27H34N8O3S. The Balaban J connectivity index is 1.33. The highest BCUT2D eigenvalue weighted by Gasteiger charge is 2.56. The Morgan fingerprint density at radius 2 is 1.85 bits per heavy atom. The second-order valence-corrected chi connectivity index (χ2v) is 14.2. The van der Waals surface area contributed by atoms with Crippen molar-refractivity contribution in [1.29, 1.82) is 5.26 Å². The van der Waals surface area contributed by atoms with Crippen LogP contribution in [0.4, 0.5) is 17.5 Å². The zero-order valence-corrected chi connectivity index (χ0v) is 23.6. The van der Waals surface area contributed by atoms with Crippen LogP contribution in [-0.2, 0) is 20.2 Å². The molecular weight excluding hydrogens is 516 g/mol. The van der Waals surface area contributed by atoms with Gasteiger partial charge in [0.15, 0.2) is 4.75 Å².